The predicted molar refractivity (Wildman–Crippen MR) is 138 cm³/mol. The molecule has 4 aromatic heterocycles. The molecule has 0 spiro atoms. The van der Waals surface area contributed by atoms with E-state index in [0.717, 1.165) is 11.3 Å². The first kappa shape index (κ1) is 24.9. The molecule has 0 unspecified atom stereocenters. The Balaban J connectivity index is 0.00000280. The maximum absolute atomic E-state index is 13.2. The van der Waals surface area contributed by atoms with E-state index in [1.165, 1.54) is 6.26 Å². The third-order valence-electron chi connectivity index (χ3n) is 6.07. The third kappa shape index (κ3) is 5.22. The van der Waals surface area contributed by atoms with Crippen LogP contribution in [0.3, 0.4) is 0 Å². The number of halogens is 1. The molecule has 1 amide bonds. The molecule has 0 aromatic carbocycles. The minimum atomic E-state index is -0.417. The number of aromatic nitrogens is 4. The Morgan fingerprint density at radius 2 is 1.70 bits per heavy atom. The van der Waals surface area contributed by atoms with Crippen molar-refractivity contribution in [3.63, 3.8) is 0 Å². The summed E-state index contributed by atoms with van der Waals surface area (Å²) in [4.78, 5) is 35.2. The molecule has 6 heterocycles. The average Bonchev–Trinajstić information content (AvgIpc) is 3.57. The van der Waals surface area contributed by atoms with Gasteiger partial charge in [-0.15, -0.1) is 12.4 Å². The number of hydrogen-bond acceptors (Lipinski definition) is 11. The molecular formula is C24H26ClN7O5. The van der Waals surface area contributed by atoms with E-state index in [1.54, 1.807) is 18.3 Å². The van der Waals surface area contributed by atoms with Crippen molar-refractivity contribution in [1.29, 1.82) is 0 Å². The number of carbonyl (C=O) groups is 1. The minimum absolute atomic E-state index is 0. The lowest BCUT2D eigenvalue weighted by atomic mass is 10.2. The van der Waals surface area contributed by atoms with Crippen LogP contribution in [0.25, 0.3) is 22.7 Å². The summed E-state index contributed by atoms with van der Waals surface area (Å²) in [6.45, 7) is 6.93. The number of nitrogens with zero attached hydrogens (tertiary/aromatic N) is 6. The second-order valence-corrected chi connectivity index (χ2v) is 8.55. The van der Waals surface area contributed by atoms with Gasteiger partial charge in [-0.1, -0.05) is 0 Å². The van der Waals surface area contributed by atoms with Gasteiger partial charge in [0.25, 0.3) is 11.9 Å². The van der Waals surface area contributed by atoms with Crippen molar-refractivity contribution in [3.8, 4) is 11.5 Å². The summed E-state index contributed by atoms with van der Waals surface area (Å²) in [5, 5.41) is 2.94. The highest BCUT2D eigenvalue weighted by atomic mass is 35.5. The van der Waals surface area contributed by atoms with Crippen molar-refractivity contribution in [2.45, 2.75) is 6.92 Å². The van der Waals surface area contributed by atoms with Gasteiger partial charge in [0.15, 0.2) is 17.1 Å². The van der Waals surface area contributed by atoms with Crippen molar-refractivity contribution in [1.82, 2.24) is 19.9 Å². The van der Waals surface area contributed by atoms with E-state index < -0.39 is 5.91 Å². The van der Waals surface area contributed by atoms with Crippen LogP contribution in [0.15, 0.2) is 39.5 Å². The van der Waals surface area contributed by atoms with Gasteiger partial charge >= 0.3 is 0 Å². The molecule has 37 heavy (non-hydrogen) atoms. The first-order valence-electron chi connectivity index (χ1n) is 11.8. The summed E-state index contributed by atoms with van der Waals surface area (Å²) in [7, 11) is 0. The van der Waals surface area contributed by atoms with Gasteiger partial charge in [-0.3, -0.25) is 9.78 Å². The SMILES string of the molecule is Cc1cc(-c2nc(C(=O)Nc3cc4oc(N5CCOCC5)nc4nc3N3CCOCC3)co2)ccn1.Cl. The first-order valence-corrected chi connectivity index (χ1v) is 11.8. The quantitative estimate of drug-likeness (QED) is 0.410. The van der Waals surface area contributed by atoms with Crippen LogP contribution in [0.1, 0.15) is 16.2 Å². The monoisotopic (exact) mass is 527 g/mol. The van der Waals surface area contributed by atoms with Crippen molar-refractivity contribution >= 4 is 47.1 Å². The maximum Gasteiger partial charge on any atom is 0.300 e. The zero-order valence-corrected chi connectivity index (χ0v) is 21.0. The largest absolute Gasteiger partial charge is 0.444 e. The van der Waals surface area contributed by atoms with Gasteiger partial charge in [0.2, 0.25) is 11.5 Å². The lowest BCUT2D eigenvalue weighted by Gasteiger charge is -2.29. The van der Waals surface area contributed by atoms with Crippen LogP contribution in [-0.2, 0) is 9.47 Å². The van der Waals surface area contributed by atoms with E-state index in [4.69, 9.17) is 23.3 Å². The predicted octanol–water partition coefficient (Wildman–Crippen LogP) is 2.93. The highest BCUT2D eigenvalue weighted by Gasteiger charge is 2.24. The number of anilines is 3. The zero-order chi connectivity index (χ0) is 24.5. The smallest absolute Gasteiger partial charge is 0.300 e. The van der Waals surface area contributed by atoms with E-state index in [1.807, 2.05) is 17.9 Å². The van der Waals surface area contributed by atoms with E-state index >= 15 is 0 Å². The fourth-order valence-electron chi connectivity index (χ4n) is 4.22. The highest BCUT2D eigenvalue weighted by molar-refractivity contribution is 6.05. The Morgan fingerprint density at radius 3 is 2.43 bits per heavy atom. The highest BCUT2D eigenvalue weighted by Crippen LogP contribution is 2.32. The summed E-state index contributed by atoms with van der Waals surface area (Å²) in [6.07, 6.45) is 3.01. The fraction of sp³-hybridized carbons (Fsp3) is 0.375. The Hall–Kier alpha value is -3.74. The van der Waals surface area contributed by atoms with Crippen molar-refractivity contribution < 1.29 is 23.1 Å². The molecule has 1 N–H and O–H groups in total. The summed E-state index contributed by atoms with van der Waals surface area (Å²) in [6, 6.07) is 5.88. The Morgan fingerprint density at radius 1 is 0.973 bits per heavy atom. The molecule has 2 saturated heterocycles. The summed E-state index contributed by atoms with van der Waals surface area (Å²) < 4.78 is 22.5. The number of pyridine rings is 2. The number of hydrogen-bond donors (Lipinski definition) is 1. The molecule has 2 fully saturated rings. The fourth-order valence-corrected chi connectivity index (χ4v) is 4.22. The van der Waals surface area contributed by atoms with Crippen molar-refractivity contribution in [3.05, 3.63) is 42.0 Å². The van der Waals surface area contributed by atoms with Crippen LogP contribution in [0.2, 0.25) is 0 Å². The molecule has 0 saturated carbocycles. The zero-order valence-electron chi connectivity index (χ0n) is 20.2. The Bertz CT molecular complexity index is 1400. The number of oxazole rings is 2. The third-order valence-corrected chi connectivity index (χ3v) is 6.07. The molecule has 12 nitrogen and oxygen atoms in total. The van der Waals surface area contributed by atoms with E-state index in [2.05, 4.69) is 25.2 Å². The molecule has 2 aliphatic rings. The number of carbonyl (C=O) groups excluding carboxylic acids is 1. The van der Waals surface area contributed by atoms with Gasteiger partial charge in [-0.05, 0) is 19.1 Å². The van der Waals surface area contributed by atoms with E-state index in [0.29, 0.717) is 87.2 Å². The van der Waals surface area contributed by atoms with E-state index in [9.17, 15) is 4.79 Å². The van der Waals surface area contributed by atoms with Gasteiger partial charge in [-0.2, -0.15) is 4.98 Å². The molecule has 0 atom stereocenters. The van der Waals surface area contributed by atoms with Crippen LogP contribution in [0.5, 0.6) is 0 Å². The summed E-state index contributed by atoms with van der Waals surface area (Å²) in [5.74, 6) is 0.534. The molecule has 0 aliphatic carbocycles. The number of morpholine rings is 2. The Kier molecular flexibility index (Phi) is 7.22. The average molecular weight is 528 g/mol. The van der Waals surface area contributed by atoms with Gasteiger partial charge in [-0.25, -0.2) is 9.97 Å². The van der Waals surface area contributed by atoms with Crippen LogP contribution >= 0.6 is 12.4 Å². The lowest BCUT2D eigenvalue weighted by Crippen LogP contribution is -2.37. The minimum Gasteiger partial charge on any atom is -0.444 e. The number of fused-ring (bicyclic) bond motifs is 1. The second kappa shape index (κ2) is 10.7. The molecule has 194 valence electrons. The summed E-state index contributed by atoms with van der Waals surface area (Å²) >= 11 is 0. The number of rotatable bonds is 5. The van der Waals surface area contributed by atoms with E-state index in [-0.39, 0.29) is 18.1 Å². The normalized spacial score (nSPS) is 16.0. The number of ether oxygens (including phenoxy) is 2. The standard InChI is InChI=1S/C24H25N7O5.ClH/c1-15-12-16(2-3-25-15)23-27-18(14-35-23)22(32)26-17-13-19-20(28-21(17)30-4-8-33-9-5-30)29-24(36-19)31-6-10-34-11-7-31;/h2-3,12-14H,4-11H2,1H3,(H,26,32);1H. The molecule has 13 heteroatoms. The maximum atomic E-state index is 13.2. The molecule has 4 aromatic rings. The molecule has 2 aliphatic heterocycles. The van der Waals surface area contributed by atoms with Gasteiger partial charge in [0.1, 0.15) is 6.26 Å². The van der Waals surface area contributed by atoms with Crippen molar-refractivity contribution in [2.24, 2.45) is 0 Å². The molecule has 0 bridgehead atoms. The van der Waals surface area contributed by atoms with Gasteiger partial charge in [0, 0.05) is 49.7 Å². The van der Waals surface area contributed by atoms with Crippen LogP contribution in [0, 0.1) is 6.92 Å². The Labute approximate surface area is 218 Å². The number of aryl methyl sites for hydroxylation is 1. The second-order valence-electron chi connectivity index (χ2n) is 8.55. The van der Waals surface area contributed by atoms with Crippen LogP contribution < -0.4 is 15.1 Å². The first-order chi connectivity index (χ1) is 17.6. The lowest BCUT2D eigenvalue weighted by molar-refractivity contribution is 0.102. The number of amides is 1. The van der Waals surface area contributed by atoms with Gasteiger partial charge < -0.3 is 33.4 Å². The van der Waals surface area contributed by atoms with Crippen LogP contribution in [-0.4, -0.2) is 78.4 Å². The summed E-state index contributed by atoms with van der Waals surface area (Å²) in [5.41, 5.74) is 3.19. The number of nitrogens with one attached hydrogen (secondary N) is 1. The molecular weight excluding hydrogens is 502 g/mol. The molecule has 0 radical (unpaired) electrons. The molecule has 6 rings (SSSR count). The van der Waals surface area contributed by atoms with Crippen LogP contribution in [0.4, 0.5) is 17.5 Å². The van der Waals surface area contributed by atoms with Crippen molar-refractivity contribution in [2.75, 3.05) is 67.7 Å². The topological polar surface area (TPSA) is 132 Å². The van der Waals surface area contributed by atoms with Gasteiger partial charge in [0.05, 0.1) is 32.1 Å².